The molecule has 0 saturated carbocycles. The number of nitrogens with one attached hydrogen (secondary N) is 1. The monoisotopic (exact) mass is 385 g/mol. The van der Waals surface area contributed by atoms with Gasteiger partial charge < -0.3 is 14.6 Å². The van der Waals surface area contributed by atoms with Crippen molar-refractivity contribution >= 4 is 21.8 Å². The van der Waals surface area contributed by atoms with Crippen molar-refractivity contribution < 1.29 is 9.53 Å². The Bertz CT molecular complexity index is 801. The number of hydrogen-bond acceptors (Lipinski definition) is 3. The molecule has 5 nitrogen and oxygen atoms in total. The van der Waals surface area contributed by atoms with Gasteiger partial charge >= 0.3 is 0 Å². The number of halogens is 1. The first-order valence-electron chi connectivity index (χ1n) is 7.44. The highest BCUT2D eigenvalue weighted by atomic mass is 79.9. The quantitative estimate of drug-likeness (QED) is 0.707. The summed E-state index contributed by atoms with van der Waals surface area (Å²) in [6, 6.07) is 15.2. The van der Waals surface area contributed by atoms with Crippen LogP contribution in [0.4, 0.5) is 0 Å². The van der Waals surface area contributed by atoms with E-state index in [-0.39, 0.29) is 12.5 Å². The molecule has 24 heavy (non-hydrogen) atoms. The van der Waals surface area contributed by atoms with Gasteiger partial charge in [0.05, 0.1) is 12.0 Å². The summed E-state index contributed by atoms with van der Waals surface area (Å²) in [7, 11) is 0. The second kappa shape index (κ2) is 7.79. The molecule has 0 spiro atoms. The highest BCUT2D eigenvalue weighted by molar-refractivity contribution is 9.10. The second-order valence-corrected chi connectivity index (χ2v) is 6.03. The van der Waals surface area contributed by atoms with Gasteiger partial charge in [-0.15, -0.1) is 0 Å². The lowest BCUT2D eigenvalue weighted by Crippen LogP contribution is -2.28. The van der Waals surface area contributed by atoms with Gasteiger partial charge in [-0.05, 0) is 35.9 Å². The largest absolute Gasteiger partial charge is 0.484 e. The zero-order valence-corrected chi connectivity index (χ0v) is 14.4. The average Bonchev–Trinajstić information content (AvgIpc) is 3.14. The maximum absolute atomic E-state index is 12.0. The van der Waals surface area contributed by atoms with Crippen molar-refractivity contribution in [3.63, 3.8) is 0 Å². The van der Waals surface area contributed by atoms with Crippen LogP contribution < -0.4 is 10.1 Å². The van der Waals surface area contributed by atoms with Crippen molar-refractivity contribution in [2.75, 3.05) is 6.61 Å². The lowest BCUT2D eigenvalue weighted by atomic mass is 10.1. The van der Waals surface area contributed by atoms with Gasteiger partial charge in [0.1, 0.15) is 5.75 Å². The number of benzene rings is 2. The molecule has 2 aromatic carbocycles. The number of rotatable bonds is 6. The van der Waals surface area contributed by atoms with Gasteiger partial charge in [0.2, 0.25) is 0 Å². The fourth-order valence-corrected chi connectivity index (χ4v) is 2.50. The van der Waals surface area contributed by atoms with E-state index >= 15 is 0 Å². The average molecular weight is 386 g/mol. The predicted octanol–water partition coefficient (Wildman–Crippen LogP) is 3.33. The Morgan fingerprint density at radius 1 is 1.17 bits per heavy atom. The standard InChI is InChI=1S/C18H16BrN3O2/c19-15-5-7-16(8-6-15)24-12-18(23)21-11-14-3-1-2-4-17(14)22-10-9-20-13-22/h1-10,13H,11-12H2,(H,21,23). The van der Waals surface area contributed by atoms with Crippen LogP contribution in [0.2, 0.25) is 0 Å². The molecule has 0 saturated heterocycles. The van der Waals surface area contributed by atoms with Crippen molar-refractivity contribution in [2.45, 2.75) is 6.54 Å². The third kappa shape index (κ3) is 4.23. The Balaban J connectivity index is 1.56. The van der Waals surface area contributed by atoms with E-state index in [1.54, 1.807) is 12.5 Å². The van der Waals surface area contributed by atoms with Gasteiger partial charge in [-0.2, -0.15) is 0 Å². The SMILES string of the molecule is O=C(COc1ccc(Br)cc1)NCc1ccccc1-n1ccnc1. The number of aromatic nitrogens is 2. The molecule has 3 rings (SSSR count). The van der Waals surface area contributed by atoms with Gasteiger partial charge in [-0.25, -0.2) is 4.98 Å². The van der Waals surface area contributed by atoms with Gasteiger partial charge in [0.15, 0.2) is 6.61 Å². The summed E-state index contributed by atoms with van der Waals surface area (Å²) in [5.74, 6) is 0.491. The fourth-order valence-electron chi connectivity index (χ4n) is 2.24. The maximum atomic E-state index is 12.0. The van der Waals surface area contributed by atoms with Crippen LogP contribution in [0, 0.1) is 0 Å². The minimum absolute atomic E-state index is 0.0190. The second-order valence-electron chi connectivity index (χ2n) is 5.12. The van der Waals surface area contributed by atoms with Crippen LogP contribution in [-0.2, 0) is 11.3 Å². The molecule has 0 bridgehead atoms. The number of imidazole rings is 1. The number of carbonyl (C=O) groups is 1. The summed E-state index contributed by atoms with van der Waals surface area (Å²) in [5.41, 5.74) is 2.00. The number of para-hydroxylation sites is 1. The number of amides is 1. The van der Waals surface area contributed by atoms with Crippen molar-refractivity contribution in [1.29, 1.82) is 0 Å². The minimum Gasteiger partial charge on any atom is -0.484 e. The van der Waals surface area contributed by atoms with Gasteiger partial charge in [0.25, 0.3) is 5.91 Å². The highest BCUT2D eigenvalue weighted by Gasteiger charge is 2.07. The minimum atomic E-state index is -0.168. The normalized spacial score (nSPS) is 10.4. The number of carbonyl (C=O) groups excluding carboxylic acids is 1. The third-order valence-electron chi connectivity index (χ3n) is 3.43. The maximum Gasteiger partial charge on any atom is 0.258 e. The van der Waals surface area contributed by atoms with Gasteiger partial charge in [0, 0.05) is 23.4 Å². The lowest BCUT2D eigenvalue weighted by Gasteiger charge is -2.11. The Morgan fingerprint density at radius 3 is 2.71 bits per heavy atom. The van der Waals surface area contributed by atoms with E-state index in [0.717, 1.165) is 15.7 Å². The Hall–Kier alpha value is -2.60. The van der Waals surface area contributed by atoms with Crippen LogP contribution in [0.3, 0.4) is 0 Å². The van der Waals surface area contributed by atoms with Crippen molar-refractivity contribution in [2.24, 2.45) is 0 Å². The molecule has 1 aromatic heterocycles. The highest BCUT2D eigenvalue weighted by Crippen LogP contribution is 2.16. The molecule has 1 amide bonds. The van der Waals surface area contributed by atoms with E-state index in [9.17, 15) is 4.79 Å². The summed E-state index contributed by atoms with van der Waals surface area (Å²) in [5, 5.41) is 2.88. The molecule has 0 aliphatic heterocycles. The van der Waals surface area contributed by atoms with E-state index in [4.69, 9.17) is 4.74 Å². The molecule has 3 aromatic rings. The number of hydrogen-bond donors (Lipinski definition) is 1. The first-order chi connectivity index (χ1) is 11.7. The van der Waals surface area contributed by atoms with Crippen LogP contribution in [0.25, 0.3) is 5.69 Å². The van der Waals surface area contributed by atoms with Gasteiger partial charge in [-0.3, -0.25) is 4.79 Å². The van der Waals surface area contributed by atoms with E-state index in [0.29, 0.717) is 12.3 Å². The summed E-state index contributed by atoms with van der Waals surface area (Å²) in [6.45, 7) is 0.408. The molecule has 1 N–H and O–H groups in total. The Labute approximate surface area is 148 Å². The molecule has 0 aliphatic carbocycles. The van der Waals surface area contributed by atoms with Crippen molar-refractivity contribution in [3.05, 3.63) is 77.3 Å². The predicted molar refractivity (Wildman–Crippen MR) is 95.0 cm³/mol. The summed E-state index contributed by atoms with van der Waals surface area (Å²) in [4.78, 5) is 16.0. The van der Waals surface area contributed by atoms with Crippen LogP contribution >= 0.6 is 15.9 Å². The molecule has 0 aliphatic rings. The molecule has 0 unspecified atom stereocenters. The van der Waals surface area contributed by atoms with E-state index in [1.165, 1.54) is 0 Å². The third-order valence-corrected chi connectivity index (χ3v) is 3.96. The Kier molecular flexibility index (Phi) is 5.28. The van der Waals surface area contributed by atoms with Crippen LogP contribution in [-0.4, -0.2) is 22.1 Å². The van der Waals surface area contributed by atoms with Crippen LogP contribution in [0.15, 0.2) is 71.7 Å². The molecular weight excluding hydrogens is 370 g/mol. The molecular formula is C18H16BrN3O2. The first kappa shape index (κ1) is 16.3. The topological polar surface area (TPSA) is 56.1 Å². The van der Waals surface area contributed by atoms with Crippen molar-refractivity contribution in [1.82, 2.24) is 14.9 Å². The molecule has 1 heterocycles. The fraction of sp³-hybridized carbons (Fsp3) is 0.111. The number of ether oxygens (including phenoxy) is 1. The zero-order chi connectivity index (χ0) is 16.8. The van der Waals surface area contributed by atoms with Crippen molar-refractivity contribution in [3.8, 4) is 11.4 Å². The van der Waals surface area contributed by atoms with Gasteiger partial charge in [-0.1, -0.05) is 34.1 Å². The first-order valence-corrected chi connectivity index (χ1v) is 8.23. The molecule has 0 fully saturated rings. The van der Waals surface area contributed by atoms with E-state index < -0.39 is 0 Å². The smallest absolute Gasteiger partial charge is 0.258 e. The van der Waals surface area contributed by atoms with Crippen LogP contribution in [0.1, 0.15) is 5.56 Å². The van der Waals surface area contributed by atoms with E-state index in [2.05, 4.69) is 26.2 Å². The summed E-state index contributed by atoms with van der Waals surface area (Å²) >= 11 is 3.36. The van der Waals surface area contributed by atoms with E-state index in [1.807, 2.05) is 59.3 Å². The molecule has 122 valence electrons. The Morgan fingerprint density at radius 2 is 1.96 bits per heavy atom. The molecule has 0 radical (unpaired) electrons. The number of nitrogens with zero attached hydrogens (tertiary/aromatic N) is 2. The van der Waals surface area contributed by atoms with Crippen LogP contribution in [0.5, 0.6) is 5.75 Å². The molecule has 6 heteroatoms. The lowest BCUT2D eigenvalue weighted by molar-refractivity contribution is -0.123. The summed E-state index contributed by atoms with van der Waals surface area (Å²) < 4.78 is 8.35. The zero-order valence-electron chi connectivity index (χ0n) is 12.9. The summed E-state index contributed by atoms with van der Waals surface area (Å²) in [6.07, 6.45) is 5.33. The molecule has 0 atom stereocenters.